The molecule has 2 aromatic rings. The molecule has 0 saturated heterocycles. The van der Waals surface area contributed by atoms with Crippen LogP contribution in [0.25, 0.3) is 0 Å². The monoisotopic (exact) mass is 248 g/mol. The number of aliphatic hydroxyl groups is 1. The van der Waals surface area contributed by atoms with Gasteiger partial charge in [-0.3, -0.25) is 0 Å². The molecule has 0 aliphatic carbocycles. The van der Waals surface area contributed by atoms with Crippen molar-refractivity contribution in [2.75, 3.05) is 17.7 Å². The predicted octanol–water partition coefficient (Wildman–Crippen LogP) is 2.48. The third-order valence-corrected chi connectivity index (χ3v) is 3.52. The molecule has 0 radical (unpaired) electrons. The molecule has 2 rings (SSSR count). The molecule has 4 heteroatoms. The van der Waals surface area contributed by atoms with Crippen LogP contribution < -0.4 is 11.1 Å². The molecular weight excluding hydrogens is 232 g/mol. The summed E-state index contributed by atoms with van der Waals surface area (Å²) < 4.78 is 0. The largest absolute Gasteiger partial charge is 0.398 e. The van der Waals surface area contributed by atoms with E-state index in [0.29, 0.717) is 6.42 Å². The number of thiophene rings is 1. The molecule has 3 nitrogen and oxygen atoms in total. The van der Waals surface area contributed by atoms with Crippen molar-refractivity contribution in [2.45, 2.75) is 13.0 Å². The number of rotatable bonds is 5. The lowest BCUT2D eigenvalue weighted by Gasteiger charge is -2.06. The van der Waals surface area contributed by atoms with Gasteiger partial charge in [0.25, 0.3) is 0 Å². The molecule has 0 amide bonds. The van der Waals surface area contributed by atoms with Gasteiger partial charge < -0.3 is 16.2 Å². The maximum Gasteiger partial charge on any atom is 0.0514 e. The van der Waals surface area contributed by atoms with E-state index < -0.39 is 0 Å². The topological polar surface area (TPSA) is 58.3 Å². The second-order valence-corrected chi connectivity index (χ2v) is 4.82. The molecule has 17 heavy (non-hydrogen) atoms. The summed E-state index contributed by atoms with van der Waals surface area (Å²) in [5, 5.41) is 14.1. The van der Waals surface area contributed by atoms with Gasteiger partial charge in [0, 0.05) is 22.9 Å². The SMILES string of the molecule is Nc1ccsc1CNc1ccc(CCO)cc1. The molecule has 0 aliphatic heterocycles. The van der Waals surface area contributed by atoms with E-state index in [1.807, 2.05) is 35.7 Å². The van der Waals surface area contributed by atoms with Crippen LogP contribution >= 0.6 is 11.3 Å². The highest BCUT2D eigenvalue weighted by atomic mass is 32.1. The number of nitrogens with two attached hydrogens (primary N) is 1. The Morgan fingerprint density at radius 3 is 2.53 bits per heavy atom. The summed E-state index contributed by atoms with van der Waals surface area (Å²) in [5.41, 5.74) is 8.87. The van der Waals surface area contributed by atoms with Crippen LogP contribution in [0, 0.1) is 0 Å². The first kappa shape index (κ1) is 12.0. The van der Waals surface area contributed by atoms with Crippen molar-refractivity contribution < 1.29 is 5.11 Å². The molecule has 0 bridgehead atoms. The smallest absolute Gasteiger partial charge is 0.0514 e. The van der Waals surface area contributed by atoms with Crippen LogP contribution in [0.5, 0.6) is 0 Å². The molecule has 0 aliphatic rings. The summed E-state index contributed by atoms with van der Waals surface area (Å²) in [6.45, 7) is 0.946. The zero-order valence-corrected chi connectivity index (χ0v) is 10.3. The highest BCUT2D eigenvalue weighted by molar-refractivity contribution is 7.10. The van der Waals surface area contributed by atoms with E-state index in [1.54, 1.807) is 11.3 Å². The van der Waals surface area contributed by atoms with Crippen molar-refractivity contribution in [2.24, 2.45) is 0 Å². The lowest BCUT2D eigenvalue weighted by atomic mass is 10.1. The molecule has 1 heterocycles. The molecule has 0 spiro atoms. The van der Waals surface area contributed by atoms with Gasteiger partial charge in [0.2, 0.25) is 0 Å². The van der Waals surface area contributed by atoms with E-state index in [9.17, 15) is 0 Å². The molecular formula is C13H16N2OS. The number of benzene rings is 1. The Kier molecular flexibility index (Phi) is 4.01. The predicted molar refractivity (Wildman–Crippen MR) is 73.3 cm³/mol. The summed E-state index contributed by atoms with van der Waals surface area (Å²) in [5.74, 6) is 0. The standard InChI is InChI=1S/C13H16N2OS/c14-12-6-8-17-13(12)9-15-11-3-1-10(2-4-11)5-7-16/h1-4,6,8,15-16H,5,7,9,14H2. The summed E-state index contributed by atoms with van der Waals surface area (Å²) in [7, 11) is 0. The first-order valence-electron chi connectivity index (χ1n) is 5.55. The highest BCUT2D eigenvalue weighted by Gasteiger charge is 2.00. The van der Waals surface area contributed by atoms with Crippen molar-refractivity contribution in [3.63, 3.8) is 0 Å². The molecule has 0 unspecified atom stereocenters. The Balaban J connectivity index is 1.93. The van der Waals surface area contributed by atoms with Crippen LogP contribution in [0.3, 0.4) is 0 Å². The number of anilines is 2. The van der Waals surface area contributed by atoms with Gasteiger partial charge in [0.1, 0.15) is 0 Å². The normalized spacial score (nSPS) is 10.4. The Morgan fingerprint density at radius 2 is 1.94 bits per heavy atom. The van der Waals surface area contributed by atoms with Crippen molar-refractivity contribution in [1.82, 2.24) is 0 Å². The molecule has 1 aromatic carbocycles. The van der Waals surface area contributed by atoms with Crippen molar-refractivity contribution in [3.8, 4) is 0 Å². The number of nitrogen functional groups attached to an aromatic ring is 1. The average molecular weight is 248 g/mol. The zero-order chi connectivity index (χ0) is 12.1. The average Bonchev–Trinajstić information content (AvgIpc) is 2.75. The van der Waals surface area contributed by atoms with Crippen LogP contribution in [0.4, 0.5) is 11.4 Å². The molecule has 4 N–H and O–H groups in total. The van der Waals surface area contributed by atoms with Gasteiger partial charge >= 0.3 is 0 Å². The van der Waals surface area contributed by atoms with Gasteiger partial charge in [-0.25, -0.2) is 0 Å². The maximum absolute atomic E-state index is 8.82. The Bertz CT molecular complexity index is 465. The van der Waals surface area contributed by atoms with Gasteiger partial charge in [-0.15, -0.1) is 11.3 Å². The van der Waals surface area contributed by atoms with E-state index in [-0.39, 0.29) is 6.61 Å². The number of hydrogen-bond acceptors (Lipinski definition) is 4. The van der Waals surface area contributed by atoms with E-state index in [4.69, 9.17) is 10.8 Å². The van der Waals surface area contributed by atoms with Gasteiger partial charge in [0.15, 0.2) is 0 Å². The van der Waals surface area contributed by atoms with Crippen molar-refractivity contribution >= 4 is 22.7 Å². The maximum atomic E-state index is 8.82. The minimum Gasteiger partial charge on any atom is -0.398 e. The van der Waals surface area contributed by atoms with Gasteiger partial charge in [-0.1, -0.05) is 12.1 Å². The molecule has 0 fully saturated rings. The van der Waals surface area contributed by atoms with Gasteiger partial charge in [-0.05, 0) is 35.6 Å². The summed E-state index contributed by atoms with van der Waals surface area (Å²) >= 11 is 1.66. The number of hydrogen-bond donors (Lipinski definition) is 3. The van der Waals surface area contributed by atoms with Crippen LogP contribution in [0.2, 0.25) is 0 Å². The molecule has 0 saturated carbocycles. The fourth-order valence-corrected chi connectivity index (χ4v) is 2.33. The summed E-state index contributed by atoms with van der Waals surface area (Å²) in [4.78, 5) is 1.16. The summed E-state index contributed by atoms with van der Waals surface area (Å²) in [6.07, 6.45) is 0.707. The van der Waals surface area contributed by atoms with Crippen LogP contribution in [-0.2, 0) is 13.0 Å². The highest BCUT2D eigenvalue weighted by Crippen LogP contribution is 2.20. The number of aliphatic hydroxyl groups excluding tert-OH is 1. The van der Waals surface area contributed by atoms with Gasteiger partial charge in [-0.2, -0.15) is 0 Å². The molecule has 0 atom stereocenters. The third-order valence-electron chi connectivity index (χ3n) is 2.59. The van der Waals surface area contributed by atoms with E-state index in [1.165, 1.54) is 0 Å². The van der Waals surface area contributed by atoms with Crippen LogP contribution in [0.15, 0.2) is 35.7 Å². The van der Waals surface area contributed by atoms with Crippen molar-refractivity contribution in [3.05, 3.63) is 46.2 Å². The molecule has 1 aromatic heterocycles. The minimum absolute atomic E-state index is 0.193. The molecule has 90 valence electrons. The lowest BCUT2D eigenvalue weighted by molar-refractivity contribution is 0.299. The lowest BCUT2D eigenvalue weighted by Crippen LogP contribution is -2.00. The minimum atomic E-state index is 0.193. The Morgan fingerprint density at radius 1 is 1.18 bits per heavy atom. The number of nitrogens with one attached hydrogen (secondary N) is 1. The zero-order valence-electron chi connectivity index (χ0n) is 9.52. The van der Waals surface area contributed by atoms with Crippen LogP contribution in [-0.4, -0.2) is 11.7 Å². The quantitative estimate of drug-likeness (QED) is 0.762. The third kappa shape index (κ3) is 3.22. The fourth-order valence-electron chi connectivity index (χ4n) is 1.59. The second-order valence-electron chi connectivity index (χ2n) is 3.82. The van der Waals surface area contributed by atoms with E-state index >= 15 is 0 Å². The summed E-state index contributed by atoms with van der Waals surface area (Å²) in [6, 6.07) is 10.0. The van der Waals surface area contributed by atoms with Gasteiger partial charge in [0.05, 0.1) is 6.54 Å². The second kappa shape index (κ2) is 5.70. The van der Waals surface area contributed by atoms with E-state index in [0.717, 1.165) is 28.4 Å². The first-order valence-corrected chi connectivity index (χ1v) is 6.43. The van der Waals surface area contributed by atoms with Crippen molar-refractivity contribution in [1.29, 1.82) is 0 Å². The van der Waals surface area contributed by atoms with Crippen LogP contribution in [0.1, 0.15) is 10.4 Å². The van der Waals surface area contributed by atoms with E-state index in [2.05, 4.69) is 5.32 Å². The first-order chi connectivity index (χ1) is 8.29. The fraction of sp³-hybridized carbons (Fsp3) is 0.231. The Labute approximate surface area is 105 Å². The Hall–Kier alpha value is -1.52.